The third-order valence-electron chi connectivity index (χ3n) is 6.95. The molecule has 0 aromatic heterocycles. The summed E-state index contributed by atoms with van der Waals surface area (Å²) in [6, 6.07) is 8.29. The Morgan fingerprint density at radius 1 is 0.966 bits per heavy atom. The Morgan fingerprint density at radius 2 is 1.76 bits per heavy atom. The van der Waals surface area contributed by atoms with Crippen LogP contribution in [-0.2, 0) is 16.0 Å². The Hall–Kier alpha value is -2.10. The van der Waals surface area contributed by atoms with Crippen LogP contribution in [0.4, 0.5) is 5.69 Å². The molecule has 1 aliphatic heterocycles. The maximum Gasteiger partial charge on any atom is 0.230 e. The third kappa shape index (κ3) is 4.91. The molecule has 0 bridgehead atoms. The fourth-order valence-corrected chi connectivity index (χ4v) is 5.21. The van der Waals surface area contributed by atoms with E-state index in [2.05, 4.69) is 29.6 Å². The van der Waals surface area contributed by atoms with Crippen LogP contribution in [0.15, 0.2) is 35.9 Å². The molecule has 0 atom stereocenters. The van der Waals surface area contributed by atoms with Crippen LogP contribution in [0.25, 0.3) is 0 Å². The summed E-state index contributed by atoms with van der Waals surface area (Å²) < 4.78 is 0. The number of benzene rings is 1. The smallest absolute Gasteiger partial charge is 0.230 e. The number of rotatable bonds is 5. The first-order chi connectivity index (χ1) is 14.2. The van der Waals surface area contributed by atoms with Crippen molar-refractivity contribution >= 4 is 17.5 Å². The summed E-state index contributed by atoms with van der Waals surface area (Å²) in [5.41, 5.74) is 3.89. The van der Waals surface area contributed by atoms with Crippen LogP contribution in [0, 0.1) is 11.8 Å². The molecule has 2 aliphatic carbocycles. The molecule has 4 rings (SSSR count). The van der Waals surface area contributed by atoms with Crippen LogP contribution in [0.3, 0.4) is 0 Å². The number of aryl methyl sites for hydroxylation is 1. The third-order valence-corrected chi connectivity index (χ3v) is 6.95. The number of nitrogens with zero attached hydrogens (tertiary/aromatic N) is 1. The van der Waals surface area contributed by atoms with Gasteiger partial charge >= 0.3 is 0 Å². The molecule has 156 valence electrons. The van der Waals surface area contributed by atoms with E-state index in [0.29, 0.717) is 0 Å². The molecule has 1 aromatic carbocycles. The second-order valence-corrected chi connectivity index (χ2v) is 8.92. The van der Waals surface area contributed by atoms with Gasteiger partial charge in [-0.2, -0.15) is 0 Å². The Labute approximate surface area is 174 Å². The monoisotopic (exact) mass is 394 g/mol. The van der Waals surface area contributed by atoms with Crippen molar-refractivity contribution in [1.82, 2.24) is 5.32 Å². The molecular weight excluding hydrogens is 360 g/mol. The predicted octanol–water partition coefficient (Wildman–Crippen LogP) is 4.78. The van der Waals surface area contributed by atoms with Crippen LogP contribution in [0.1, 0.15) is 69.8 Å². The van der Waals surface area contributed by atoms with Crippen molar-refractivity contribution in [2.75, 3.05) is 18.0 Å². The molecule has 3 aliphatic rings. The molecule has 0 unspecified atom stereocenters. The Morgan fingerprint density at radius 3 is 2.55 bits per heavy atom. The molecule has 1 heterocycles. The highest BCUT2D eigenvalue weighted by Crippen LogP contribution is 2.34. The van der Waals surface area contributed by atoms with Gasteiger partial charge in [0, 0.05) is 30.6 Å². The van der Waals surface area contributed by atoms with Gasteiger partial charge < -0.3 is 10.2 Å². The topological polar surface area (TPSA) is 49.4 Å². The first-order valence-corrected chi connectivity index (χ1v) is 11.6. The average molecular weight is 395 g/mol. The molecule has 0 spiro atoms. The summed E-state index contributed by atoms with van der Waals surface area (Å²) in [5, 5.41) is 3.15. The van der Waals surface area contributed by atoms with Crippen molar-refractivity contribution < 1.29 is 9.59 Å². The number of carbonyl (C=O) groups excluding carboxylic acids is 2. The standard InChI is InChI=1S/C25H34N2O2/c28-24(26-17-16-19-7-2-1-3-8-19)21-12-14-22(15-13-21)25(29)27-18-6-10-20-9-4-5-11-23(20)27/h4-5,7,9,11,21-22H,1-3,6,8,10,12-18H2,(H,26,28). The molecule has 4 nitrogen and oxygen atoms in total. The van der Waals surface area contributed by atoms with Crippen LogP contribution in [0.2, 0.25) is 0 Å². The van der Waals surface area contributed by atoms with Gasteiger partial charge in [0.1, 0.15) is 0 Å². The summed E-state index contributed by atoms with van der Waals surface area (Å²) in [7, 11) is 0. The van der Waals surface area contributed by atoms with Crippen molar-refractivity contribution in [3.8, 4) is 0 Å². The largest absolute Gasteiger partial charge is 0.356 e. The lowest BCUT2D eigenvalue weighted by atomic mass is 9.80. The molecule has 4 heteroatoms. The number of allylic oxidation sites excluding steroid dienone is 1. The molecule has 1 saturated carbocycles. The van der Waals surface area contributed by atoms with E-state index in [0.717, 1.165) is 63.7 Å². The summed E-state index contributed by atoms with van der Waals surface area (Å²) in [5.74, 6) is 0.599. The van der Waals surface area contributed by atoms with E-state index in [9.17, 15) is 9.59 Å². The van der Waals surface area contributed by atoms with Crippen LogP contribution in [-0.4, -0.2) is 24.9 Å². The van der Waals surface area contributed by atoms with Gasteiger partial charge in [0.15, 0.2) is 0 Å². The minimum atomic E-state index is 0.0672. The molecule has 1 aromatic rings. The van der Waals surface area contributed by atoms with Crippen LogP contribution in [0.5, 0.6) is 0 Å². The van der Waals surface area contributed by atoms with E-state index in [4.69, 9.17) is 0 Å². The molecule has 0 radical (unpaired) electrons. The maximum atomic E-state index is 13.2. The first-order valence-electron chi connectivity index (χ1n) is 11.6. The van der Waals surface area contributed by atoms with Crippen molar-refractivity contribution in [3.05, 3.63) is 41.5 Å². The van der Waals surface area contributed by atoms with Gasteiger partial charge in [-0.05, 0) is 82.3 Å². The molecular formula is C25H34N2O2. The van der Waals surface area contributed by atoms with E-state index >= 15 is 0 Å². The summed E-state index contributed by atoms with van der Waals surface area (Å²) in [6.45, 7) is 1.58. The average Bonchev–Trinajstić information content (AvgIpc) is 2.79. The molecule has 1 N–H and O–H groups in total. The van der Waals surface area contributed by atoms with Gasteiger partial charge in [-0.1, -0.05) is 29.8 Å². The highest BCUT2D eigenvalue weighted by atomic mass is 16.2. The minimum Gasteiger partial charge on any atom is -0.356 e. The van der Waals surface area contributed by atoms with E-state index in [-0.39, 0.29) is 23.7 Å². The van der Waals surface area contributed by atoms with Crippen molar-refractivity contribution in [1.29, 1.82) is 0 Å². The SMILES string of the molecule is O=C(NCCC1=CCCCC1)C1CCC(C(=O)N2CCCc3ccccc32)CC1. The molecule has 2 amide bonds. The van der Waals surface area contributed by atoms with Gasteiger partial charge in [-0.15, -0.1) is 0 Å². The van der Waals surface area contributed by atoms with Crippen LogP contribution >= 0.6 is 0 Å². The Bertz CT molecular complexity index is 762. The highest BCUT2D eigenvalue weighted by molar-refractivity contribution is 5.96. The van der Waals surface area contributed by atoms with E-state index in [1.165, 1.54) is 36.8 Å². The van der Waals surface area contributed by atoms with Crippen molar-refractivity contribution in [2.24, 2.45) is 11.8 Å². The normalized spacial score (nSPS) is 24.4. The van der Waals surface area contributed by atoms with Crippen LogP contribution < -0.4 is 10.2 Å². The quantitative estimate of drug-likeness (QED) is 0.731. The zero-order valence-corrected chi connectivity index (χ0v) is 17.5. The van der Waals surface area contributed by atoms with Crippen molar-refractivity contribution in [3.63, 3.8) is 0 Å². The summed E-state index contributed by atoms with van der Waals surface area (Å²) in [6.07, 6.45) is 13.8. The Balaban J connectivity index is 1.24. The second-order valence-electron chi connectivity index (χ2n) is 8.92. The zero-order chi connectivity index (χ0) is 20.1. The molecule has 0 saturated heterocycles. The van der Waals surface area contributed by atoms with E-state index < -0.39 is 0 Å². The fourth-order valence-electron chi connectivity index (χ4n) is 5.21. The number of hydrogen-bond donors (Lipinski definition) is 1. The van der Waals surface area contributed by atoms with Gasteiger partial charge in [-0.25, -0.2) is 0 Å². The van der Waals surface area contributed by atoms with Gasteiger partial charge in [0.2, 0.25) is 11.8 Å². The van der Waals surface area contributed by atoms with E-state index in [1.54, 1.807) is 0 Å². The second kappa shape index (κ2) is 9.60. The van der Waals surface area contributed by atoms with Gasteiger partial charge in [-0.3, -0.25) is 9.59 Å². The zero-order valence-electron chi connectivity index (χ0n) is 17.5. The first kappa shape index (κ1) is 20.2. The summed E-state index contributed by atoms with van der Waals surface area (Å²) in [4.78, 5) is 27.7. The van der Waals surface area contributed by atoms with Gasteiger partial charge in [0.05, 0.1) is 0 Å². The predicted molar refractivity (Wildman–Crippen MR) is 117 cm³/mol. The number of nitrogens with one attached hydrogen (secondary N) is 1. The highest BCUT2D eigenvalue weighted by Gasteiger charge is 2.33. The number of fused-ring (bicyclic) bond motifs is 1. The minimum absolute atomic E-state index is 0.0672. The number of amides is 2. The lowest BCUT2D eigenvalue weighted by Crippen LogP contribution is -2.42. The molecule has 1 fully saturated rings. The number of anilines is 1. The summed E-state index contributed by atoms with van der Waals surface area (Å²) >= 11 is 0. The Kier molecular flexibility index (Phi) is 6.68. The fraction of sp³-hybridized carbons (Fsp3) is 0.600. The van der Waals surface area contributed by atoms with Crippen molar-refractivity contribution in [2.45, 2.75) is 70.6 Å². The lowest BCUT2D eigenvalue weighted by Gasteiger charge is -2.35. The van der Waals surface area contributed by atoms with Gasteiger partial charge in [0.25, 0.3) is 0 Å². The number of hydrogen-bond acceptors (Lipinski definition) is 2. The molecule has 29 heavy (non-hydrogen) atoms. The van der Waals surface area contributed by atoms with E-state index in [1.807, 2.05) is 11.0 Å². The lowest BCUT2D eigenvalue weighted by molar-refractivity contribution is -0.129. The maximum absolute atomic E-state index is 13.2. The number of carbonyl (C=O) groups is 2. The number of para-hydroxylation sites is 1.